The molecule has 2 aliphatic rings. The van der Waals surface area contributed by atoms with Crippen LogP contribution in [0.15, 0.2) is 72.9 Å². The minimum atomic E-state index is 0.505. The molecular weight excluding hydrogens is 384 g/mol. The third kappa shape index (κ3) is 7.50. The molecule has 0 aromatic rings. The van der Waals surface area contributed by atoms with Crippen molar-refractivity contribution in [3.8, 4) is 0 Å². The molecular formula is C32H50. The van der Waals surface area contributed by atoms with E-state index in [0.717, 1.165) is 25.7 Å². The van der Waals surface area contributed by atoms with E-state index in [9.17, 15) is 0 Å². The third-order valence-corrected chi connectivity index (χ3v) is 8.36. The van der Waals surface area contributed by atoms with Gasteiger partial charge in [0.25, 0.3) is 0 Å². The van der Waals surface area contributed by atoms with Gasteiger partial charge in [-0.2, -0.15) is 0 Å². The number of allylic oxidation sites excluding steroid dienone is 6. The SMILES string of the molecule is C=C(CC)CCCCC1CC(=C)C(CCC2C(=C)CC(CCCCC(=C)CC)C2=C)C1=C. The summed E-state index contributed by atoms with van der Waals surface area (Å²) in [5.41, 5.74) is 8.51. The van der Waals surface area contributed by atoms with E-state index in [-0.39, 0.29) is 0 Å². The van der Waals surface area contributed by atoms with Gasteiger partial charge < -0.3 is 0 Å². The Morgan fingerprint density at radius 2 is 1.00 bits per heavy atom. The number of hydrogen-bond acceptors (Lipinski definition) is 0. The first-order valence-corrected chi connectivity index (χ1v) is 13.3. The highest BCUT2D eigenvalue weighted by Crippen LogP contribution is 2.48. The summed E-state index contributed by atoms with van der Waals surface area (Å²) in [5, 5.41) is 0. The minimum Gasteiger partial charge on any atom is -0.0999 e. The fourth-order valence-electron chi connectivity index (χ4n) is 5.85. The summed E-state index contributed by atoms with van der Waals surface area (Å²) in [7, 11) is 0. The Hall–Kier alpha value is -1.56. The number of rotatable bonds is 15. The molecule has 0 aromatic heterocycles. The highest BCUT2D eigenvalue weighted by molar-refractivity contribution is 5.30. The molecule has 0 spiro atoms. The van der Waals surface area contributed by atoms with E-state index in [0.29, 0.717) is 23.7 Å². The van der Waals surface area contributed by atoms with Crippen molar-refractivity contribution in [3.05, 3.63) is 72.9 Å². The molecule has 2 fully saturated rings. The Bertz CT molecular complexity index is 652. The molecule has 0 nitrogen and oxygen atoms in total. The lowest BCUT2D eigenvalue weighted by molar-refractivity contribution is 0.507. The molecule has 4 atom stereocenters. The minimum absolute atomic E-state index is 0.505. The second kappa shape index (κ2) is 13.2. The van der Waals surface area contributed by atoms with Crippen LogP contribution in [0.5, 0.6) is 0 Å². The van der Waals surface area contributed by atoms with Crippen molar-refractivity contribution in [3.63, 3.8) is 0 Å². The van der Waals surface area contributed by atoms with Gasteiger partial charge in [0.1, 0.15) is 0 Å². The second-order valence-electron chi connectivity index (χ2n) is 10.6. The van der Waals surface area contributed by atoms with E-state index in [4.69, 9.17) is 0 Å². The zero-order valence-corrected chi connectivity index (χ0v) is 21.5. The summed E-state index contributed by atoms with van der Waals surface area (Å²) >= 11 is 0. The molecule has 2 rings (SSSR count). The van der Waals surface area contributed by atoms with E-state index in [1.54, 1.807) is 0 Å². The monoisotopic (exact) mass is 434 g/mol. The first-order chi connectivity index (χ1) is 15.3. The smallest absolute Gasteiger partial charge is 0.000497 e. The molecule has 32 heavy (non-hydrogen) atoms. The van der Waals surface area contributed by atoms with E-state index in [1.165, 1.54) is 97.6 Å². The fourth-order valence-corrected chi connectivity index (χ4v) is 5.85. The molecule has 2 aliphatic carbocycles. The molecule has 0 heterocycles. The standard InChI is InChI=1S/C32H50/c1-9-23(3)15-11-13-17-29-21-25(5)31(27(29)7)19-20-32-26(6)22-30(28(32)8)18-14-12-16-24(4)10-2/h29-32H,3-22H2,1-2H3. The first-order valence-electron chi connectivity index (χ1n) is 13.3. The maximum atomic E-state index is 4.54. The molecule has 0 aliphatic heterocycles. The Kier molecular flexibility index (Phi) is 11.0. The average molecular weight is 435 g/mol. The van der Waals surface area contributed by atoms with Crippen LogP contribution in [0, 0.1) is 23.7 Å². The predicted molar refractivity (Wildman–Crippen MR) is 145 cm³/mol. The van der Waals surface area contributed by atoms with Crippen LogP contribution in [-0.2, 0) is 0 Å². The van der Waals surface area contributed by atoms with Crippen LogP contribution in [0.3, 0.4) is 0 Å². The molecule has 0 radical (unpaired) electrons. The lowest BCUT2D eigenvalue weighted by Gasteiger charge is -2.20. The van der Waals surface area contributed by atoms with Crippen LogP contribution in [0.4, 0.5) is 0 Å². The molecule has 0 N–H and O–H groups in total. The predicted octanol–water partition coefficient (Wildman–Crippen LogP) is 10.3. The van der Waals surface area contributed by atoms with Gasteiger partial charge in [-0.25, -0.2) is 0 Å². The fraction of sp³-hybridized carbons (Fsp3) is 0.625. The van der Waals surface area contributed by atoms with Crippen LogP contribution in [0.25, 0.3) is 0 Å². The third-order valence-electron chi connectivity index (χ3n) is 8.36. The van der Waals surface area contributed by atoms with Crippen molar-refractivity contribution in [1.29, 1.82) is 0 Å². The van der Waals surface area contributed by atoms with Crippen LogP contribution in [-0.4, -0.2) is 0 Å². The lowest BCUT2D eigenvalue weighted by atomic mass is 9.85. The summed E-state index contributed by atoms with van der Waals surface area (Å²) in [6, 6.07) is 0. The molecule has 0 amide bonds. The summed E-state index contributed by atoms with van der Waals surface area (Å²) in [5.74, 6) is 2.29. The molecule has 0 bridgehead atoms. The Morgan fingerprint density at radius 1 is 0.625 bits per heavy atom. The highest BCUT2D eigenvalue weighted by atomic mass is 14.4. The zero-order valence-electron chi connectivity index (χ0n) is 21.5. The maximum Gasteiger partial charge on any atom is 0.000497 e. The average Bonchev–Trinajstić information content (AvgIpc) is 3.20. The van der Waals surface area contributed by atoms with E-state index < -0.39 is 0 Å². The highest BCUT2D eigenvalue weighted by Gasteiger charge is 2.35. The maximum absolute atomic E-state index is 4.54. The zero-order chi connectivity index (χ0) is 23.7. The topological polar surface area (TPSA) is 0 Å². The van der Waals surface area contributed by atoms with Crippen molar-refractivity contribution in [1.82, 2.24) is 0 Å². The van der Waals surface area contributed by atoms with Gasteiger partial charge in [-0.3, -0.25) is 0 Å². The van der Waals surface area contributed by atoms with Gasteiger partial charge >= 0.3 is 0 Å². The largest absolute Gasteiger partial charge is 0.0999 e. The molecule has 0 aromatic carbocycles. The summed E-state index contributed by atoms with van der Waals surface area (Å²) < 4.78 is 0. The van der Waals surface area contributed by atoms with E-state index in [1.807, 2.05) is 0 Å². The quantitative estimate of drug-likeness (QED) is 0.177. The van der Waals surface area contributed by atoms with E-state index in [2.05, 4.69) is 53.3 Å². The van der Waals surface area contributed by atoms with Gasteiger partial charge in [0.2, 0.25) is 0 Å². The van der Waals surface area contributed by atoms with Gasteiger partial charge in [0, 0.05) is 11.8 Å². The second-order valence-corrected chi connectivity index (χ2v) is 10.6. The van der Waals surface area contributed by atoms with E-state index >= 15 is 0 Å². The molecule has 2 saturated carbocycles. The van der Waals surface area contributed by atoms with Crippen LogP contribution < -0.4 is 0 Å². The summed E-state index contributed by atoms with van der Waals surface area (Å²) in [6.07, 6.45) is 16.9. The van der Waals surface area contributed by atoms with Crippen molar-refractivity contribution < 1.29 is 0 Å². The van der Waals surface area contributed by atoms with Crippen molar-refractivity contribution >= 4 is 0 Å². The number of hydrogen-bond donors (Lipinski definition) is 0. The molecule has 178 valence electrons. The Balaban J connectivity index is 1.76. The van der Waals surface area contributed by atoms with Crippen LogP contribution in [0.1, 0.15) is 104 Å². The van der Waals surface area contributed by atoms with Gasteiger partial charge in [-0.1, -0.05) is 99.6 Å². The van der Waals surface area contributed by atoms with Gasteiger partial charge in [0.05, 0.1) is 0 Å². The Morgan fingerprint density at radius 3 is 1.34 bits per heavy atom. The summed E-state index contributed by atoms with van der Waals surface area (Å²) in [4.78, 5) is 0. The van der Waals surface area contributed by atoms with Crippen LogP contribution in [0.2, 0.25) is 0 Å². The normalized spacial score (nSPS) is 25.7. The van der Waals surface area contributed by atoms with Crippen molar-refractivity contribution in [2.75, 3.05) is 0 Å². The van der Waals surface area contributed by atoms with Crippen LogP contribution >= 0.6 is 0 Å². The lowest BCUT2D eigenvalue weighted by Crippen LogP contribution is -2.08. The van der Waals surface area contributed by atoms with Gasteiger partial charge in [-0.15, -0.1) is 0 Å². The number of unbranched alkanes of at least 4 members (excludes halogenated alkanes) is 2. The molecule has 0 saturated heterocycles. The first kappa shape index (κ1) is 26.7. The van der Waals surface area contributed by atoms with Gasteiger partial charge in [0.15, 0.2) is 0 Å². The van der Waals surface area contributed by atoms with Gasteiger partial charge in [-0.05, 0) is 88.9 Å². The van der Waals surface area contributed by atoms with Crippen molar-refractivity contribution in [2.45, 2.75) is 104 Å². The molecule has 4 unspecified atom stereocenters. The summed E-state index contributed by atoms with van der Waals surface area (Å²) in [6.45, 7) is 30.7. The van der Waals surface area contributed by atoms with Crippen molar-refractivity contribution in [2.24, 2.45) is 23.7 Å². The molecule has 0 heteroatoms. The Labute approximate surface area is 200 Å².